The Hall–Kier alpha value is -3.14. The van der Waals surface area contributed by atoms with E-state index >= 15 is 0 Å². The van der Waals surface area contributed by atoms with Crippen LogP contribution < -0.4 is 10.2 Å². The molecule has 4 heteroatoms. The van der Waals surface area contributed by atoms with Gasteiger partial charge in [0.1, 0.15) is 5.75 Å². The maximum Gasteiger partial charge on any atom is 0.271 e. The van der Waals surface area contributed by atoms with Gasteiger partial charge < -0.3 is 4.74 Å². The minimum Gasteiger partial charge on any atom is -0.497 e. The van der Waals surface area contributed by atoms with Crippen LogP contribution in [0.2, 0.25) is 0 Å². The van der Waals surface area contributed by atoms with Crippen LogP contribution in [0.4, 0.5) is 0 Å². The van der Waals surface area contributed by atoms with Gasteiger partial charge in [-0.1, -0.05) is 30.3 Å². The lowest BCUT2D eigenvalue weighted by atomic mass is 9.98. The first-order valence-corrected chi connectivity index (χ1v) is 8.70. The van der Waals surface area contributed by atoms with Gasteiger partial charge in [-0.15, -0.1) is 0 Å². The average molecular weight is 344 g/mol. The Morgan fingerprint density at radius 3 is 2.46 bits per heavy atom. The standard InChI is InChI=1S/C22H20N2O2/c1-14(23-24-22(25)17-8-11-18(26-2)12-9-17)19-13-10-16-7-6-15-4-3-5-20(19)21(15)16/h3-5,8-13H,6-7H2,1-2H3,(H,24,25)/b23-14-. The van der Waals surface area contributed by atoms with E-state index in [-0.39, 0.29) is 5.91 Å². The van der Waals surface area contributed by atoms with Crippen LogP contribution in [0.5, 0.6) is 5.75 Å². The van der Waals surface area contributed by atoms with Gasteiger partial charge in [-0.25, -0.2) is 5.43 Å². The molecule has 130 valence electrons. The summed E-state index contributed by atoms with van der Waals surface area (Å²) in [5.74, 6) is 0.479. The molecular formula is C22H20N2O2. The molecule has 0 saturated carbocycles. The van der Waals surface area contributed by atoms with Crippen molar-refractivity contribution in [2.75, 3.05) is 7.11 Å². The van der Waals surface area contributed by atoms with Crippen LogP contribution in [0.3, 0.4) is 0 Å². The molecule has 0 spiro atoms. The van der Waals surface area contributed by atoms with Crippen molar-refractivity contribution in [3.63, 3.8) is 0 Å². The van der Waals surface area contributed by atoms with E-state index in [2.05, 4.69) is 40.9 Å². The number of carbonyl (C=O) groups is 1. The molecule has 0 bridgehead atoms. The molecule has 4 rings (SSSR count). The Labute approximate surface area is 152 Å². The Morgan fingerprint density at radius 1 is 1.00 bits per heavy atom. The molecule has 4 nitrogen and oxygen atoms in total. The van der Waals surface area contributed by atoms with Crippen LogP contribution >= 0.6 is 0 Å². The Balaban J connectivity index is 1.60. The highest BCUT2D eigenvalue weighted by atomic mass is 16.5. The second-order valence-electron chi connectivity index (χ2n) is 6.48. The number of aryl methyl sites for hydroxylation is 2. The van der Waals surface area contributed by atoms with Crippen LogP contribution in [0.15, 0.2) is 59.7 Å². The second-order valence-corrected chi connectivity index (χ2v) is 6.48. The van der Waals surface area contributed by atoms with Gasteiger partial charge in [0, 0.05) is 11.1 Å². The van der Waals surface area contributed by atoms with Gasteiger partial charge in [-0.3, -0.25) is 4.79 Å². The first-order chi connectivity index (χ1) is 12.7. The summed E-state index contributed by atoms with van der Waals surface area (Å²) < 4.78 is 5.11. The summed E-state index contributed by atoms with van der Waals surface area (Å²) in [5, 5.41) is 6.88. The number of hydrazone groups is 1. The van der Waals surface area contributed by atoms with E-state index in [9.17, 15) is 4.79 Å². The van der Waals surface area contributed by atoms with Gasteiger partial charge in [-0.2, -0.15) is 5.10 Å². The molecule has 1 aliphatic carbocycles. The zero-order chi connectivity index (χ0) is 18.1. The summed E-state index contributed by atoms with van der Waals surface area (Å²) in [7, 11) is 1.60. The van der Waals surface area contributed by atoms with E-state index in [0.717, 1.165) is 24.1 Å². The molecule has 0 radical (unpaired) electrons. The van der Waals surface area contributed by atoms with Crippen LogP contribution in [0, 0.1) is 0 Å². The summed E-state index contributed by atoms with van der Waals surface area (Å²) >= 11 is 0. The van der Waals surface area contributed by atoms with E-state index in [4.69, 9.17) is 4.74 Å². The number of hydrogen-bond acceptors (Lipinski definition) is 3. The van der Waals surface area contributed by atoms with E-state index in [1.54, 1.807) is 31.4 Å². The maximum absolute atomic E-state index is 12.3. The first kappa shape index (κ1) is 16.3. The topological polar surface area (TPSA) is 50.7 Å². The lowest BCUT2D eigenvalue weighted by Crippen LogP contribution is -2.19. The van der Waals surface area contributed by atoms with E-state index < -0.39 is 0 Å². The van der Waals surface area contributed by atoms with Crippen molar-refractivity contribution in [1.82, 2.24) is 5.43 Å². The fourth-order valence-corrected chi connectivity index (χ4v) is 3.56. The van der Waals surface area contributed by atoms with E-state index in [0.29, 0.717) is 11.3 Å². The molecule has 0 unspecified atom stereocenters. The number of hydrogen-bond donors (Lipinski definition) is 1. The summed E-state index contributed by atoms with van der Waals surface area (Å²) in [6, 6.07) is 17.7. The van der Waals surface area contributed by atoms with E-state index in [1.165, 1.54) is 21.9 Å². The fourth-order valence-electron chi connectivity index (χ4n) is 3.56. The molecule has 0 aliphatic heterocycles. The highest BCUT2D eigenvalue weighted by Gasteiger charge is 2.16. The molecule has 0 aromatic heterocycles. The molecular weight excluding hydrogens is 324 g/mol. The lowest BCUT2D eigenvalue weighted by molar-refractivity contribution is 0.0955. The predicted octanol–water partition coefficient (Wildman–Crippen LogP) is 4.10. The number of ether oxygens (including phenoxy) is 1. The van der Waals surface area contributed by atoms with Gasteiger partial charge in [0.15, 0.2) is 0 Å². The third kappa shape index (κ3) is 2.84. The van der Waals surface area contributed by atoms with Crippen LogP contribution in [0.25, 0.3) is 10.8 Å². The van der Waals surface area contributed by atoms with Crippen LogP contribution in [-0.2, 0) is 12.8 Å². The average Bonchev–Trinajstić information content (AvgIpc) is 3.11. The SMILES string of the molecule is COc1ccc(C(=O)N/N=C(/C)c2ccc3c4c(cccc24)CC3)cc1. The molecule has 1 N–H and O–H groups in total. The summed E-state index contributed by atoms with van der Waals surface area (Å²) in [5.41, 5.74) is 7.84. The number of nitrogens with zero attached hydrogens (tertiary/aromatic N) is 1. The van der Waals surface area contributed by atoms with Crippen molar-refractivity contribution < 1.29 is 9.53 Å². The third-order valence-electron chi connectivity index (χ3n) is 4.94. The highest BCUT2D eigenvalue weighted by molar-refractivity contribution is 6.11. The number of nitrogens with one attached hydrogen (secondary N) is 1. The Kier molecular flexibility index (Phi) is 4.17. The first-order valence-electron chi connectivity index (χ1n) is 8.70. The van der Waals surface area contributed by atoms with Gasteiger partial charge in [-0.05, 0) is 65.9 Å². The quantitative estimate of drug-likeness (QED) is 0.572. The van der Waals surface area contributed by atoms with Crippen molar-refractivity contribution in [3.05, 3.63) is 76.9 Å². The smallest absolute Gasteiger partial charge is 0.271 e. The Bertz CT molecular complexity index is 1010. The zero-order valence-corrected chi connectivity index (χ0v) is 14.9. The van der Waals surface area contributed by atoms with Crippen molar-refractivity contribution in [1.29, 1.82) is 0 Å². The number of carbonyl (C=O) groups excluding carboxylic acids is 1. The lowest BCUT2D eigenvalue weighted by Gasteiger charge is -2.09. The molecule has 1 amide bonds. The molecule has 26 heavy (non-hydrogen) atoms. The third-order valence-corrected chi connectivity index (χ3v) is 4.94. The summed E-state index contributed by atoms with van der Waals surface area (Å²) in [4.78, 5) is 12.3. The van der Waals surface area contributed by atoms with Gasteiger partial charge in [0.25, 0.3) is 5.91 Å². The summed E-state index contributed by atoms with van der Waals surface area (Å²) in [6.45, 7) is 1.92. The fraction of sp³-hybridized carbons (Fsp3) is 0.182. The normalized spacial score (nSPS) is 13.1. The van der Waals surface area contributed by atoms with Crippen molar-refractivity contribution in [2.24, 2.45) is 5.10 Å². The molecule has 0 fully saturated rings. The van der Waals surface area contributed by atoms with Gasteiger partial charge >= 0.3 is 0 Å². The number of methoxy groups -OCH3 is 1. The van der Waals surface area contributed by atoms with Crippen molar-refractivity contribution >= 4 is 22.4 Å². The minimum absolute atomic E-state index is 0.238. The van der Waals surface area contributed by atoms with Crippen molar-refractivity contribution in [3.8, 4) is 5.75 Å². The number of amides is 1. The second kappa shape index (κ2) is 6.64. The van der Waals surface area contributed by atoms with Crippen molar-refractivity contribution in [2.45, 2.75) is 19.8 Å². The minimum atomic E-state index is -0.238. The monoisotopic (exact) mass is 344 g/mol. The zero-order valence-electron chi connectivity index (χ0n) is 14.9. The highest BCUT2D eigenvalue weighted by Crippen LogP contribution is 2.32. The molecule has 3 aromatic rings. The van der Waals surface area contributed by atoms with Gasteiger partial charge in [0.2, 0.25) is 0 Å². The Morgan fingerprint density at radius 2 is 1.73 bits per heavy atom. The molecule has 1 aliphatic rings. The molecule has 3 aromatic carbocycles. The van der Waals surface area contributed by atoms with Gasteiger partial charge in [0.05, 0.1) is 12.8 Å². The molecule has 0 saturated heterocycles. The molecule has 0 heterocycles. The van der Waals surface area contributed by atoms with Crippen LogP contribution in [-0.4, -0.2) is 18.7 Å². The number of benzene rings is 3. The molecule has 0 atom stereocenters. The van der Waals surface area contributed by atoms with E-state index in [1.807, 2.05) is 6.92 Å². The predicted molar refractivity (Wildman–Crippen MR) is 104 cm³/mol. The largest absolute Gasteiger partial charge is 0.497 e. The van der Waals surface area contributed by atoms with Crippen LogP contribution in [0.1, 0.15) is 34.0 Å². The number of rotatable bonds is 4. The maximum atomic E-state index is 12.3. The summed E-state index contributed by atoms with van der Waals surface area (Å²) in [6.07, 6.45) is 2.20.